The molecule has 0 aliphatic rings. The third-order valence-electron chi connectivity index (χ3n) is 1.34. The summed E-state index contributed by atoms with van der Waals surface area (Å²) in [6.07, 6.45) is 0. The fourth-order valence-corrected chi connectivity index (χ4v) is 1.90. The summed E-state index contributed by atoms with van der Waals surface area (Å²) < 4.78 is 1.15. The zero-order valence-corrected chi connectivity index (χ0v) is 9.58. The van der Waals surface area contributed by atoms with Gasteiger partial charge in [-0.15, -0.1) is 0 Å². The van der Waals surface area contributed by atoms with Crippen molar-refractivity contribution in [3.05, 3.63) is 34.9 Å². The maximum absolute atomic E-state index is 8.36. The van der Waals surface area contributed by atoms with Crippen LogP contribution in [0.15, 0.2) is 24.3 Å². The topological polar surface area (TPSA) is 37.3 Å². The van der Waals surface area contributed by atoms with E-state index in [1.807, 2.05) is 18.2 Å². The van der Waals surface area contributed by atoms with Crippen LogP contribution in [-0.2, 0) is 8.46 Å². The molecule has 1 N–H and O–H groups in total. The Balaban J connectivity index is 0.000000354. The van der Waals surface area contributed by atoms with Gasteiger partial charge in [0.1, 0.15) is 0 Å². The van der Waals surface area contributed by atoms with Crippen molar-refractivity contribution >= 4 is 46.0 Å². The van der Waals surface area contributed by atoms with E-state index in [1.165, 1.54) is 33.5 Å². The Morgan fingerprint density at radius 3 is 2.33 bits per heavy atom. The van der Waals surface area contributed by atoms with Gasteiger partial charge in [-0.25, -0.2) is 0 Å². The van der Waals surface area contributed by atoms with Crippen LogP contribution in [0.4, 0.5) is 0 Å². The molecule has 0 bridgehead atoms. The molecule has 2 nitrogen and oxygen atoms in total. The zero-order valence-electron chi connectivity index (χ0n) is 6.83. The molecule has 0 fully saturated rings. The first-order chi connectivity index (χ1) is 5.76. The summed E-state index contributed by atoms with van der Waals surface area (Å²) in [5.74, 6) is 0. The average Bonchev–Trinajstić information content (AvgIpc) is 2.07. The molecule has 0 aromatic heterocycles. The van der Waals surface area contributed by atoms with E-state index < -0.39 is 0 Å². The summed E-state index contributed by atoms with van der Waals surface area (Å²) in [5, 5.41) is 7.80. The number of carbonyl (C=O) groups is 1. The van der Waals surface area contributed by atoms with Gasteiger partial charge < -0.3 is 5.11 Å². The third kappa shape index (κ3) is 4.78. The molecule has 1 aromatic carbocycles. The molecule has 0 atom stereocenters. The van der Waals surface area contributed by atoms with Crippen molar-refractivity contribution in [2.45, 2.75) is 3.67 Å². The number of benzene rings is 1. The van der Waals surface area contributed by atoms with Crippen LogP contribution >= 0.6 is 11.6 Å². The fraction of sp³-hybridized carbons (Fsp3) is 0.125. The predicted molar refractivity (Wildman–Crippen MR) is 49.6 cm³/mol. The van der Waals surface area contributed by atoms with Gasteiger partial charge in [0.05, 0.1) is 0 Å². The van der Waals surface area contributed by atoms with E-state index in [0.29, 0.717) is 0 Å². The number of carboxylic acid groups (broad SMARTS) is 1. The van der Waals surface area contributed by atoms with E-state index >= 15 is 0 Å². The van der Waals surface area contributed by atoms with Crippen LogP contribution < -0.4 is 0 Å². The van der Waals surface area contributed by atoms with Crippen molar-refractivity contribution in [3.8, 4) is 0 Å². The van der Waals surface area contributed by atoms with Crippen molar-refractivity contribution < 1.29 is 9.90 Å². The molecule has 60 valence electrons. The zero-order chi connectivity index (χ0) is 9.40. The van der Waals surface area contributed by atoms with E-state index in [0.717, 1.165) is 8.69 Å². The Morgan fingerprint density at radius 1 is 1.50 bits per heavy atom. The molecule has 0 aliphatic heterocycles. The van der Waals surface area contributed by atoms with Crippen molar-refractivity contribution in [2.24, 2.45) is 0 Å². The van der Waals surface area contributed by atoms with Gasteiger partial charge >= 0.3 is 78.1 Å². The van der Waals surface area contributed by atoms with Gasteiger partial charge in [0.25, 0.3) is 6.47 Å². The summed E-state index contributed by atoms with van der Waals surface area (Å²) in [6.45, 7) is -0.250. The van der Waals surface area contributed by atoms with E-state index in [9.17, 15) is 0 Å². The van der Waals surface area contributed by atoms with Gasteiger partial charge in [-0.2, -0.15) is 0 Å². The summed E-state index contributed by atoms with van der Waals surface area (Å²) >= 11 is 7.04. The number of rotatable bonds is 1. The number of halogens is 1. The van der Waals surface area contributed by atoms with E-state index in [2.05, 4.69) is 6.07 Å². The third-order valence-corrected chi connectivity index (χ3v) is 2.47. The van der Waals surface area contributed by atoms with Gasteiger partial charge in [0.15, 0.2) is 0 Å². The second kappa shape index (κ2) is 7.62. The Kier molecular flexibility index (Phi) is 7.61. The number of hydrogen-bond acceptors (Lipinski definition) is 1. The second-order valence-electron chi connectivity index (χ2n) is 2.05. The van der Waals surface area contributed by atoms with Crippen molar-refractivity contribution in [3.63, 3.8) is 0 Å². The molecule has 0 unspecified atom stereocenters. The summed E-state index contributed by atoms with van der Waals surface area (Å²) in [5.41, 5.74) is 1.28. The van der Waals surface area contributed by atoms with E-state index in [-0.39, 0.29) is 6.47 Å². The average molecular weight is 195 g/mol. The van der Waals surface area contributed by atoms with Gasteiger partial charge in [0.2, 0.25) is 0 Å². The standard InChI is InChI=1S/C7H6Cl.CH2O2.Na/c1-6-4-2-3-5-7(6)8;2-1-3;/h2-5H,1H2;1H,(H,2,3);. The quantitative estimate of drug-likeness (QED) is 0.546. The van der Waals surface area contributed by atoms with Gasteiger partial charge in [-0.05, 0) is 0 Å². The minimum atomic E-state index is -0.250. The normalized spacial score (nSPS) is 8.25. The fourth-order valence-electron chi connectivity index (χ4n) is 0.785. The van der Waals surface area contributed by atoms with Gasteiger partial charge in [-0.3, -0.25) is 4.79 Å². The molecule has 0 heterocycles. The molecular weight excluding hydrogens is 187 g/mol. The SMILES string of the molecule is O=CO.[Na][CH2]c1ccccc1Cl. The molecule has 0 spiro atoms. The molecule has 12 heavy (non-hydrogen) atoms. The van der Waals surface area contributed by atoms with Crippen molar-refractivity contribution in [2.75, 3.05) is 0 Å². The monoisotopic (exact) mass is 194 g/mol. The first-order valence-corrected chi connectivity index (χ1v) is 5.36. The number of hydrogen-bond donors (Lipinski definition) is 1. The van der Waals surface area contributed by atoms with Gasteiger partial charge in [0, 0.05) is 0 Å². The second-order valence-corrected chi connectivity index (χ2v) is 3.16. The van der Waals surface area contributed by atoms with Crippen molar-refractivity contribution in [1.29, 1.82) is 0 Å². The molecule has 4 heteroatoms. The maximum atomic E-state index is 8.36. The first-order valence-electron chi connectivity index (χ1n) is 3.57. The Hall–Kier alpha value is -0.0200. The van der Waals surface area contributed by atoms with Crippen LogP contribution in [0.3, 0.4) is 0 Å². The predicted octanol–water partition coefficient (Wildman–Crippen LogP) is 1.71. The van der Waals surface area contributed by atoms with E-state index in [1.54, 1.807) is 0 Å². The van der Waals surface area contributed by atoms with E-state index in [4.69, 9.17) is 21.5 Å². The van der Waals surface area contributed by atoms with Crippen LogP contribution in [0.5, 0.6) is 0 Å². The Morgan fingerprint density at radius 2 is 2.00 bits per heavy atom. The molecule has 0 saturated carbocycles. The molecule has 0 aliphatic carbocycles. The summed E-state index contributed by atoms with van der Waals surface area (Å²) in [6, 6.07) is 8.01. The molecule has 0 radical (unpaired) electrons. The summed E-state index contributed by atoms with van der Waals surface area (Å²) in [7, 11) is 0. The van der Waals surface area contributed by atoms with Crippen LogP contribution in [0.2, 0.25) is 5.02 Å². The van der Waals surface area contributed by atoms with Gasteiger partial charge in [-0.1, -0.05) is 0 Å². The van der Waals surface area contributed by atoms with Crippen LogP contribution in [0.1, 0.15) is 5.56 Å². The Labute approximate surface area is 94.0 Å². The van der Waals surface area contributed by atoms with Crippen LogP contribution in [-0.4, -0.2) is 39.5 Å². The Bertz CT molecular complexity index is 240. The minimum absolute atomic E-state index is 0.250. The molecule has 0 saturated heterocycles. The molecule has 1 rings (SSSR count). The first kappa shape index (κ1) is 12.0. The van der Waals surface area contributed by atoms with Crippen LogP contribution in [0.25, 0.3) is 0 Å². The molecular formula is C8H8ClNaO2. The molecule has 0 amide bonds. The van der Waals surface area contributed by atoms with Crippen LogP contribution in [0, 0.1) is 0 Å². The molecule has 1 aromatic rings. The van der Waals surface area contributed by atoms with Crippen molar-refractivity contribution in [1.82, 2.24) is 0 Å². The summed E-state index contributed by atoms with van der Waals surface area (Å²) in [4.78, 5) is 8.36.